The second-order valence-corrected chi connectivity index (χ2v) is 15.8. The Hall–Kier alpha value is -7.27. The molecule has 0 saturated heterocycles. The molecule has 0 atom stereocenters. The van der Waals surface area contributed by atoms with Crippen molar-refractivity contribution in [2.45, 2.75) is 0 Å². The molecular formula is C53H33N3S. The molecule has 0 unspecified atom stereocenters. The Balaban J connectivity index is 1.08. The maximum absolute atomic E-state index is 4.86. The van der Waals surface area contributed by atoms with Gasteiger partial charge in [0.15, 0.2) is 0 Å². The second kappa shape index (κ2) is 12.6. The SMILES string of the molecule is c1ccc(-c2ccc3c(c2)c2cc(-c4ccccc4)ccc2n3-c2cccc3c2sc2c(-c4ccc5c(c4)c4cccnc4n5-c4ccccc4)cccc23)cc1. The Labute approximate surface area is 333 Å². The fraction of sp³-hybridized carbons (Fsp3) is 0. The van der Waals surface area contributed by atoms with Gasteiger partial charge < -0.3 is 4.57 Å². The molecule has 0 bridgehead atoms. The Morgan fingerprint density at radius 2 is 0.877 bits per heavy atom. The number of nitrogens with zero attached hydrogens (tertiary/aromatic N) is 3. The van der Waals surface area contributed by atoms with Crippen LogP contribution in [0, 0.1) is 0 Å². The number of fused-ring (bicyclic) bond motifs is 9. The fourth-order valence-corrected chi connectivity index (χ4v) is 10.3. The summed E-state index contributed by atoms with van der Waals surface area (Å²) in [6, 6.07) is 70.6. The van der Waals surface area contributed by atoms with E-state index in [-0.39, 0.29) is 0 Å². The molecule has 0 aliphatic rings. The molecule has 0 N–H and O–H groups in total. The summed E-state index contributed by atoms with van der Waals surface area (Å²) in [5.41, 5.74) is 14.2. The van der Waals surface area contributed by atoms with Crippen LogP contribution in [0.15, 0.2) is 200 Å². The number of thiophene rings is 1. The van der Waals surface area contributed by atoms with Crippen molar-refractivity contribution in [2.75, 3.05) is 0 Å². The highest BCUT2D eigenvalue weighted by molar-refractivity contribution is 7.26. The number of pyridine rings is 1. The van der Waals surface area contributed by atoms with Crippen LogP contribution in [-0.4, -0.2) is 14.1 Å². The molecular weight excluding hydrogens is 711 g/mol. The van der Waals surface area contributed by atoms with E-state index in [4.69, 9.17) is 4.98 Å². The van der Waals surface area contributed by atoms with Crippen LogP contribution < -0.4 is 0 Å². The third kappa shape index (κ3) is 4.94. The van der Waals surface area contributed by atoms with Crippen LogP contribution in [0.25, 0.3) is 109 Å². The van der Waals surface area contributed by atoms with Crippen molar-refractivity contribution in [3.05, 3.63) is 200 Å². The highest BCUT2D eigenvalue weighted by Crippen LogP contribution is 2.45. The van der Waals surface area contributed by atoms with Gasteiger partial charge in [-0.15, -0.1) is 11.3 Å². The molecule has 4 aromatic heterocycles. The van der Waals surface area contributed by atoms with E-state index in [0.717, 1.165) is 22.2 Å². The first-order valence-corrected chi connectivity index (χ1v) is 20.2. The standard InChI is InChI=1S/C53H33N3S/c1-4-13-34(14-5-1)36-24-27-48-45(31-36)46-32-37(35-15-6-2-7-16-35)25-28-49(46)56(48)50-23-11-21-42-41-20-10-19-40(51(41)57-52(42)50)38-26-29-47-44(33-38)43-22-12-30-54-53(43)55(47)39-17-8-3-9-18-39/h1-33H. The number of benzene rings is 8. The molecule has 0 aliphatic heterocycles. The summed E-state index contributed by atoms with van der Waals surface area (Å²) >= 11 is 1.90. The van der Waals surface area contributed by atoms with Gasteiger partial charge in [0.05, 0.1) is 26.9 Å². The van der Waals surface area contributed by atoms with Crippen LogP contribution in [0.1, 0.15) is 0 Å². The number of hydrogen-bond acceptors (Lipinski definition) is 2. The summed E-state index contributed by atoms with van der Waals surface area (Å²) in [5.74, 6) is 0. The van der Waals surface area contributed by atoms with E-state index in [1.54, 1.807) is 0 Å². The first kappa shape index (κ1) is 32.0. The molecule has 12 aromatic rings. The lowest BCUT2D eigenvalue weighted by Crippen LogP contribution is -1.94. The van der Waals surface area contributed by atoms with E-state index in [9.17, 15) is 0 Å². The van der Waals surface area contributed by atoms with E-state index in [0.29, 0.717) is 0 Å². The second-order valence-electron chi connectivity index (χ2n) is 14.7. The van der Waals surface area contributed by atoms with Gasteiger partial charge in [-0.3, -0.25) is 4.57 Å². The van der Waals surface area contributed by atoms with Crippen LogP contribution in [-0.2, 0) is 0 Å². The number of para-hydroxylation sites is 1. The van der Waals surface area contributed by atoms with Gasteiger partial charge in [-0.05, 0) is 100 Å². The van der Waals surface area contributed by atoms with Crippen LogP contribution in [0.2, 0.25) is 0 Å². The minimum absolute atomic E-state index is 0.971. The highest BCUT2D eigenvalue weighted by atomic mass is 32.1. The molecule has 4 heterocycles. The normalized spacial score (nSPS) is 11.9. The molecule has 4 heteroatoms. The Kier molecular flexibility index (Phi) is 7.10. The zero-order valence-electron chi connectivity index (χ0n) is 30.8. The van der Waals surface area contributed by atoms with E-state index in [2.05, 4.69) is 197 Å². The molecule has 266 valence electrons. The molecule has 0 radical (unpaired) electrons. The molecule has 0 spiro atoms. The zero-order chi connectivity index (χ0) is 37.5. The van der Waals surface area contributed by atoms with Crippen molar-refractivity contribution in [1.29, 1.82) is 0 Å². The molecule has 3 nitrogen and oxygen atoms in total. The van der Waals surface area contributed by atoms with Crippen LogP contribution >= 0.6 is 11.3 Å². The molecule has 0 amide bonds. The van der Waals surface area contributed by atoms with E-state index >= 15 is 0 Å². The number of aromatic nitrogens is 3. The number of rotatable bonds is 5. The van der Waals surface area contributed by atoms with Crippen LogP contribution in [0.4, 0.5) is 0 Å². The first-order chi connectivity index (χ1) is 28.3. The Morgan fingerprint density at radius 3 is 1.54 bits per heavy atom. The summed E-state index contributed by atoms with van der Waals surface area (Å²) in [4.78, 5) is 4.86. The molecule has 57 heavy (non-hydrogen) atoms. The lowest BCUT2D eigenvalue weighted by Gasteiger charge is -2.10. The smallest absolute Gasteiger partial charge is 0.145 e. The quantitative estimate of drug-likeness (QED) is 0.172. The summed E-state index contributed by atoms with van der Waals surface area (Å²) in [6.45, 7) is 0. The predicted octanol–water partition coefficient (Wildman–Crippen LogP) is 14.6. The van der Waals surface area contributed by atoms with Crippen molar-refractivity contribution < 1.29 is 0 Å². The van der Waals surface area contributed by atoms with Gasteiger partial charge in [0, 0.05) is 48.9 Å². The summed E-state index contributed by atoms with van der Waals surface area (Å²) < 4.78 is 7.34. The van der Waals surface area contributed by atoms with Gasteiger partial charge in [-0.1, -0.05) is 127 Å². The van der Waals surface area contributed by atoms with Crippen molar-refractivity contribution >= 4 is 75.3 Å². The first-order valence-electron chi connectivity index (χ1n) is 19.4. The lowest BCUT2D eigenvalue weighted by atomic mass is 10.0. The molecule has 12 rings (SSSR count). The lowest BCUT2D eigenvalue weighted by molar-refractivity contribution is 1.14. The molecule has 0 fully saturated rings. The van der Waals surface area contributed by atoms with Crippen molar-refractivity contribution in [3.8, 4) is 44.8 Å². The van der Waals surface area contributed by atoms with Gasteiger partial charge in [0.1, 0.15) is 5.65 Å². The monoisotopic (exact) mass is 743 g/mol. The maximum Gasteiger partial charge on any atom is 0.145 e. The topological polar surface area (TPSA) is 22.8 Å². The van der Waals surface area contributed by atoms with E-state index in [1.807, 2.05) is 23.6 Å². The number of hydrogen-bond donors (Lipinski definition) is 0. The van der Waals surface area contributed by atoms with Gasteiger partial charge >= 0.3 is 0 Å². The van der Waals surface area contributed by atoms with Crippen molar-refractivity contribution in [3.63, 3.8) is 0 Å². The highest BCUT2D eigenvalue weighted by Gasteiger charge is 2.20. The van der Waals surface area contributed by atoms with Gasteiger partial charge in [0.2, 0.25) is 0 Å². The largest absolute Gasteiger partial charge is 0.308 e. The average Bonchev–Trinajstić information content (AvgIpc) is 3.94. The molecule has 8 aromatic carbocycles. The molecule has 0 aliphatic carbocycles. The summed E-state index contributed by atoms with van der Waals surface area (Å²) in [7, 11) is 0. The Bertz CT molecular complexity index is 3410. The average molecular weight is 744 g/mol. The fourth-order valence-electron chi connectivity index (χ4n) is 8.96. The third-order valence-corrected chi connectivity index (χ3v) is 12.9. The minimum atomic E-state index is 0.971. The predicted molar refractivity (Wildman–Crippen MR) is 242 cm³/mol. The zero-order valence-corrected chi connectivity index (χ0v) is 31.6. The Morgan fingerprint density at radius 1 is 0.351 bits per heavy atom. The maximum atomic E-state index is 4.86. The van der Waals surface area contributed by atoms with Crippen LogP contribution in [0.5, 0.6) is 0 Å². The third-order valence-electron chi connectivity index (χ3n) is 11.6. The van der Waals surface area contributed by atoms with Gasteiger partial charge in [0.25, 0.3) is 0 Å². The minimum Gasteiger partial charge on any atom is -0.308 e. The van der Waals surface area contributed by atoms with E-state index in [1.165, 1.54) is 86.4 Å². The van der Waals surface area contributed by atoms with E-state index < -0.39 is 0 Å². The van der Waals surface area contributed by atoms with Gasteiger partial charge in [-0.2, -0.15) is 0 Å². The van der Waals surface area contributed by atoms with Gasteiger partial charge in [-0.25, -0.2) is 4.98 Å². The summed E-state index contributed by atoms with van der Waals surface area (Å²) in [6.07, 6.45) is 1.89. The van der Waals surface area contributed by atoms with Crippen LogP contribution in [0.3, 0.4) is 0 Å². The molecule has 0 saturated carbocycles. The van der Waals surface area contributed by atoms with Crippen molar-refractivity contribution in [2.24, 2.45) is 0 Å². The summed E-state index contributed by atoms with van der Waals surface area (Å²) in [5, 5.41) is 7.41. The van der Waals surface area contributed by atoms with Crippen molar-refractivity contribution in [1.82, 2.24) is 14.1 Å².